The molecule has 0 saturated heterocycles. The maximum atomic E-state index is 14.4. The van der Waals surface area contributed by atoms with E-state index in [1.54, 1.807) is 12.4 Å². The number of esters is 2. The number of rotatable bonds is 42. The molecule has 0 amide bonds. The molecule has 0 aromatic carbocycles. The number of aromatic nitrogens is 2. The lowest BCUT2D eigenvalue weighted by atomic mass is 9.33. The molecule has 0 unspecified atom stereocenters. The van der Waals surface area contributed by atoms with Crippen molar-refractivity contribution in [3.63, 3.8) is 0 Å². The van der Waals surface area contributed by atoms with Crippen LogP contribution in [0.2, 0.25) is 0 Å². The lowest BCUT2D eigenvalue weighted by molar-refractivity contribution is -0.185. The Labute approximate surface area is 476 Å². The molecular weight excluding hydrogens is 1040 g/mol. The van der Waals surface area contributed by atoms with Gasteiger partial charge in [0.25, 0.3) is 0 Å². The zero-order chi connectivity index (χ0) is 57.2. The number of nitrogens with zero attached hydrogens (tertiary/aromatic N) is 2. The molecule has 458 valence electrons. The quantitative estimate of drug-likeness (QED) is 0.0465. The van der Waals surface area contributed by atoms with Gasteiger partial charge in [-0.15, -0.1) is 0 Å². The summed E-state index contributed by atoms with van der Waals surface area (Å²) in [5.74, 6) is -0.167. The third kappa shape index (κ3) is 17.9. The van der Waals surface area contributed by atoms with Gasteiger partial charge < -0.3 is 76.5 Å². The van der Waals surface area contributed by atoms with E-state index in [0.717, 1.165) is 69.2 Å². The van der Waals surface area contributed by atoms with E-state index < -0.39 is 23.4 Å². The summed E-state index contributed by atoms with van der Waals surface area (Å²) in [6, 6.07) is 0. The average molecular weight is 1140 g/mol. The number of carbonyl (C=O) groups is 2. The topological polar surface area (TPSA) is 230 Å². The van der Waals surface area contributed by atoms with Crippen LogP contribution < -0.4 is 0 Å². The minimum atomic E-state index is -0.682. The van der Waals surface area contributed by atoms with Crippen molar-refractivity contribution in [3.8, 4) is 0 Å². The van der Waals surface area contributed by atoms with E-state index in [1.165, 1.54) is 5.57 Å². The third-order valence-corrected chi connectivity index (χ3v) is 18.4. The highest BCUT2D eigenvalue weighted by atomic mass is 16.6. The van der Waals surface area contributed by atoms with Gasteiger partial charge in [-0.25, -0.2) is 4.79 Å². The Hall–Kier alpha value is -2.80. The summed E-state index contributed by atoms with van der Waals surface area (Å²) < 4.78 is 77.1. The molecule has 80 heavy (non-hydrogen) atoms. The molecular formula is C60H100N2O18. The Morgan fingerprint density at radius 1 is 0.525 bits per heavy atom. The van der Waals surface area contributed by atoms with E-state index in [4.69, 9.17) is 81.4 Å². The first-order chi connectivity index (χ1) is 38.7. The number of hydrogen-bond acceptors (Lipinski definition) is 20. The molecule has 1 heterocycles. The Bertz CT molecular complexity index is 2000. The fourth-order valence-corrected chi connectivity index (χ4v) is 14.1. The molecule has 1 aromatic heterocycles. The third-order valence-electron chi connectivity index (χ3n) is 18.4. The monoisotopic (exact) mass is 1140 g/mol. The molecule has 1 aromatic rings. The van der Waals surface area contributed by atoms with Crippen molar-refractivity contribution < 1.29 is 86.1 Å². The molecule has 3 saturated carbocycles. The normalized spacial score (nSPS) is 28.4. The van der Waals surface area contributed by atoms with Crippen LogP contribution in [0.25, 0.3) is 0 Å². The van der Waals surface area contributed by atoms with Crippen molar-refractivity contribution in [2.75, 3.05) is 185 Å². The second-order valence-electron chi connectivity index (χ2n) is 23.8. The molecule has 0 radical (unpaired) electrons. The second-order valence-corrected chi connectivity index (χ2v) is 23.8. The Balaban J connectivity index is 0.729. The predicted molar refractivity (Wildman–Crippen MR) is 295 cm³/mol. The summed E-state index contributed by atoms with van der Waals surface area (Å²) in [5, 5.41) is 19.6. The van der Waals surface area contributed by atoms with Gasteiger partial charge in [-0.1, -0.05) is 53.2 Å². The largest absolute Gasteiger partial charge is 0.461 e. The van der Waals surface area contributed by atoms with Crippen LogP contribution in [0.15, 0.2) is 24.0 Å². The van der Waals surface area contributed by atoms with E-state index in [1.807, 2.05) is 0 Å². The van der Waals surface area contributed by atoms with Crippen LogP contribution in [0.4, 0.5) is 0 Å². The SMILES string of the molecule is CC1(C)CC[C@]2(C(=O)OCC(=O)OCCOCCOCCOCCOCCOCCOCCOCCOCCOCCOCCOCCOCCO)CC[C@]3(C)C(=CC[C@@H]4[C@@]5(C)Cc6nccnc6[C@@](C)(CO)[C@@H]5CC[C@]43C)[C@@H]2C1. The number of hydrogen-bond donors (Lipinski definition) is 2. The van der Waals surface area contributed by atoms with E-state index in [2.05, 4.69) is 47.6 Å². The molecule has 2 N–H and O–H groups in total. The summed E-state index contributed by atoms with van der Waals surface area (Å²) in [7, 11) is 0. The van der Waals surface area contributed by atoms with E-state index in [0.29, 0.717) is 158 Å². The molecule has 0 spiro atoms. The number of carbonyl (C=O) groups excluding carboxylic acids is 2. The first-order valence-corrected chi connectivity index (χ1v) is 29.7. The molecule has 5 aliphatic rings. The Morgan fingerprint density at radius 2 is 0.963 bits per heavy atom. The Morgan fingerprint density at radius 3 is 1.43 bits per heavy atom. The van der Waals surface area contributed by atoms with Gasteiger partial charge in [0.15, 0.2) is 6.61 Å². The zero-order valence-corrected chi connectivity index (χ0v) is 49.4. The smallest absolute Gasteiger partial charge is 0.344 e. The van der Waals surface area contributed by atoms with Crippen LogP contribution in [0, 0.1) is 44.8 Å². The van der Waals surface area contributed by atoms with Gasteiger partial charge in [-0.3, -0.25) is 14.8 Å². The lowest BCUT2D eigenvalue weighted by Crippen LogP contribution is -2.65. The summed E-state index contributed by atoms with van der Waals surface area (Å²) in [6.07, 6.45) is 14.1. The predicted octanol–water partition coefficient (Wildman–Crippen LogP) is 5.54. The minimum Gasteiger partial charge on any atom is -0.461 e. The second kappa shape index (κ2) is 33.6. The summed E-state index contributed by atoms with van der Waals surface area (Å²) in [5.41, 5.74) is 2.13. The fourth-order valence-electron chi connectivity index (χ4n) is 14.1. The number of allylic oxidation sites excluding steroid dienone is 2. The summed E-state index contributed by atoms with van der Waals surface area (Å²) in [6.45, 7) is 24.6. The van der Waals surface area contributed by atoms with Crippen molar-refractivity contribution >= 4 is 11.9 Å². The van der Waals surface area contributed by atoms with E-state index in [9.17, 15) is 14.7 Å². The van der Waals surface area contributed by atoms with Gasteiger partial charge >= 0.3 is 11.9 Å². The van der Waals surface area contributed by atoms with Crippen molar-refractivity contribution in [1.82, 2.24) is 9.97 Å². The maximum absolute atomic E-state index is 14.4. The average Bonchev–Trinajstić information content (AvgIpc) is 3.27. The lowest BCUT2D eigenvalue weighted by Gasteiger charge is -2.70. The van der Waals surface area contributed by atoms with Crippen LogP contribution in [-0.2, 0) is 87.7 Å². The van der Waals surface area contributed by atoms with Gasteiger partial charge in [0.05, 0.1) is 189 Å². The van der Waals surface area contributed by atoms with Crippen LogP contribution in [0.1, 0.15) is 104 Å². The van der Waals surface area contributed by atoms with Gasteiger partial charge in [-0.2, -0.15) is 0 Å². The first-order valence-electron chi connectivity index (χ1n) is 29.7. The molecule has 20 heteroatoms. The highest BCUT2D eigenvalue weighted by Crippen LogP contribution is 2.75. The molecule has 20 nitrogen and oxygen atoms in total. The van der Waals surface area contributed by atoms with Gasteiger partial charge in [0.1, 0.15) is 6.61 Å². The molecule has 5 aliphatic carbocycles. The van der Waals surface area contributed by atoms with Crippen molar-refractivity contribution in [2.24, 2.45) is 44.8 Å². The van der Waals surface area contributed by atoms with Crippen LogP contribution >= 0.6 is 0 Å². The molecule has 8 atom stereocenters. The molecule has 0 aliphatic heterocycles. The summed E-state index contributed by atoms with van der Waals surface area (Å²) in [4.78, 5) is 37.0. The fraction of sp³-hybridized carbons (Fsp3) is 0.867. The summed E-state index contributed by atoms with van der Waals surface area (Å²) >= 11 is 0. The van der Waals surface area contributed by atoms with Crippen LogP contribution in [0.5, 0.6) is 0 Å². The highest BCUT2D eigenvalue weighted by Gasteiger charge is 2.70. The van der Waals surface area contributed by atoms with Crippen molar-refractivity contribution in [2.45, 2.75) is 105 Å². The number of aliphatic hydroxyl groups excluding tert-OH is 2. The van der Waals surface area contributed by atoms with Gasteiger partial charge in [0.2, 0.25) is 0 Å². The molecule has 0 bridgehead atoms. The number of fused-ring (bicyclic) bond motifs is 8. The van der Waals surface area contributed by atoms with Crippen molar-refractivity contribution in [3.05, 3.63) is 35.4 Å². The van der Waals surface area contributed by atoms with Gasteiger partial charge in [-0.05, 0) is 97.2 Å². The van der Waals surface area contributed by atoms with Crippen LogP contribution in [-0.4, -0.2) is 217 Å². The zero-order valence-electron chi connectivity index (χ0n) is 49.4. The van der Waals surface area contributed by atoms with Gasteiger partial charge in [0, 0.05) is 17.8 Å². The minimum absolute atomic E-state index is 0.0143. The number of aliphatic hydroxyl groups is 2. The van der Waals surface area contributed by atoms with E-state index >= 15 is 0 Å². The van der Waals surface area contributed by atoms with Crippen molar-refractivity contribution in [1.29, 1.82) is 0 Å². The van der Waals surface area contributed by atoms with Crippen LogP contribution in [0.3, 0.4) is 0 Å². The standard InChI is InChI=1S/C60H100N2O18/c1-55(2)11-13-60(14-12-58(5)47(48(60)43-55)7-8-51-56(3)44-49-53(62-16-15-61-49)57(4,46-64)50(56)9-10-59(51,58)6)54(66)80-45-52(65)79-42-41-78-40-39-77-38-37-76-36-35-75-34-33-74-32-31-73-30-29-72-28-27-71-26-25-70-24-23-69-22-21-68-20-19-67-18-17-63/h7,15-16,48,50-51,63-64H,8-14,17-46H2,1-6H3/t48-,50+,51+,56-,57-,58+,59+,60-/m0/s1. The Kier molecular flexibility index (Phi) is 27.9. The highest BCUT2D eigenvalue weighted by molar-refractivity contribution is 5.82. The maximum Gasteiger partial charge on any atom is 0.344 e. The van der Waals surface area contributed by atoms with E-state index in [-0.39, 0.29) is 65.9 Å². The molecule has 6 rings (SSSR count). The number of ether oxygens (including phenoxy) is 14. The molecule has 3 fully saturated rings. The first kappa shape index (κ1) is 66.3.